The topological polar surface area (TPSA) is 34.6 Å². The van der Waals surface area contributed by atoms with Crippen LogP contribution in [0.15, 0.2) is 97.3 Å². The Balaban J connectivity index is 1.58. The molecule has 6 aromatic rings. The third-order valence-corrected chi connectivity index (χ3v) is 5.83. The van der Waals surface area contributed by atoms with Gasteiger partial charge in [-0.15, -0.1) is 0 Å². The minimum absolute atomic E-state index is 0.288. The van der Waals surface area contributed by atoms with Gasteiger partial charge in [0.05, 0.1) is 22.8 Å². The first-order valence-electron chi connectivity index (χ1n) is 10.6. The average Bonchev–Trinajstić information content (AvgIpc) is 3.39. The van der Waals surface area contributed by atoms with Crippen molar-refractivity contribution in [1.82, 2.24) is 18.8 Å². The zero-order valence-corrected chi connectivity index (χ0v) is 17.5. The highest BCUT2D eigenvalue weighted by molar-refractivity contribution is 5.70. The Bertz CT molecular complexity index is 1470. The molecule has 4 aromatic heterocycles. The molecule has 0 radical (unpaired) electrons. The van der Waals surface area contributed by atoms with Crippen LogP contribution in [0.4, 0.5) is 8.78 Å². The van der Waals surface area contributed by atoms with Crippen LogP contribution in [-0.2, 0) is 6.42 Å². The highest BCUT2D eigenvalue weighted by atomic mass is 19.1. The van der Waals surface area contributed by atoms with Crippen molar-refractivity contribution in [3.8, 4) is 22.5 Å². The lowest BCUT2D eigenvalue weighted by atomic mass is 10.0. The third kappa shape index (κ3) is 3.36. The lowest BCUT2D eigenvalue weighted by molar-refractivity contribution is 0.627. The maximum atomic E-state index is 13.6. The maximum Gasteiger partial charge on any atom is 0.137 e. The van der Waals surface area contributed by atoms with Gasteiger partial charge in [0.1, 0.15) is 22.9 Å². The summed E-state index contributed by atoms with van der Waals surface area (Å²) in [7, 11) is 0. The molecule has 2 aromatic carbocycles. The van der Waals surface area contributed by atoms with Crippen LogP contribution in [-0.4, -0.2) is 18.8 Å². The van der Waals surface area contributed by atoms with Gasteiger partial charge in [0.2, 0.25) is 0 Å². The second-order valence-corrected chi connectivity index (χ2v) is 7.86. The van der Waals surface area contributed by atoms with E-state index in [9.17, 15) is 8.78 Å². The Kier molecular flexibility index (Phi) is 4.50. The standard InChI is InChI=1S/C27H18F2N4/c28-20-11-7-18(8-12-20)26-22(32-15-3-1-5-24(32)30-26)17-23-27(19-9-13-21(29)14-10-19)31-25-6-2-4-16-33(23)25/h1-16H,17H2. The van der Waals surface area contributed by atoms with Crippen molar-refractivity contribution in [2.24, 2.45) is 0 Å². The van der Waals surface area contributed by atoms with E-state index in [0.29, 0.717) is 6.42 Å². The van der Waals surface area contributed by atoms with Gasteiger partial charge in [-0.25, -0.2) is 18.7 Å². The summed E-state index contributed by atoms with van der Waals surface area (Å²) in [5, 5.41) is 0. The molecule has 0 aliphatic carbocycles. The SMILES string of the molecule is Fc1ccc(-c2nc3ccccn3c2Cc2c(-c3ccc(F)cc3)nc3ccccn23)cc1. The molecule has 0 bridgehead atoms. The molecule has 4 heterocycles. The van der Waals surface area contributed by atoms with Crippen LogP contribution in [0.3, 0.4) is 0 Å². The van der Waals surface area contributed by atoms with Crippen molar-refractivity contribution < 1.29 is 8.78 Å². The lowest BCUT2D eigenvalue weighted by Crippen LogP contribution is -2.01. The fraction of sp³-hybridized carbons (Fsp3) is 0.0370. The van der Waals surface area contributed by atoms with Gasteiger partial charge in [-0.2, -0.15) is 0 Å². The molecule has 6 rings (SSSR count). The number of imidazole rings is 2. The summed E-state index contributed by atoms with van der Waals surface area (Å²) in [6.45, 7) is 0. The smallest absolute Gasteiger partial charge is 0.137 e. The summed E-state index contributed by atoms with van der Waals surface area (Å²) in [6, 6.07) is 24.5. The molecular formula is C27H18F2N4. The average molecular weight is 436 g/mol. The highest BCUT2D eigenvalue weighted by Crippen LogP contribution is 2.31. The van der Waals surface area contributed by atoms with E-state index >= 15 is 0 Å². The fourth-order valence-corrected chi connectivity index (χ4v) is 4.27. The van der Waals surface area contributed by atoms with E-state index in [1.807, 2.05) is 48.8 Å². The summed E-state index contributed by atoms with van der Waals surface area (Å²) in [5.41, 5.74) is 6.80. The summed E-state index contributed by atoms with van der Waals surface area (Å²) in [6.07, 6.45) is 4.48. The number of halogens is 2. The summed E-state index contributed by atoms with van der Waals surface area (Å²) >= 11 is 0. The molecule has 0 amide bonds. The van der Waals surface area contributed by atoms with Gasteiger partial charge < -0.3 is 8.80 Å². The van der Waals surface area contributed by atoms with Crippen molar-refractivity contribution in [2.45, 2.75) is 6.42 Å². The number of aromatic nitrogens is 4. The van der Waals surface area contributed by atoms with Crippen molar-refractivity contribution >= 4 is 11.3 Å². The first-order chi connectivity index (χ1) is 16.2. The summed E-state index contributed by atoms with van der Waals surface area (Å²) < 4.78 is 31.3. The monoisotopic (exact) mass is 436 g/mol. The zero-order valence-electron chi connectivity index (χ0n) is 17.5. The molecule has 0 N–H and O–H groups in total. The zero-order chi connectivity index (χ0) is 22.4. The molecule has 0 spiro atoms. The lowest BCUT2D eigenvalue weighted by Gasteiger charge is -2.09. The molecule has 0 aliphatic rings. The van der Waals surface area contributed by atoms with E-state index in [-0.39, 0.29) is 11.6 Å². The van der Waals surface area contributed by atoms with E-state index in [4.69, 9.17) is 9.97 Å². The Hall–Kier alpha value is -4.32. The first kappa shape index (κ1) is 19.4. The predicted molar refractivity (Wildman–Crippen MR) is 124 cm³/mol. The van der Waals surface area contributed by atoms with Gasteiger partial charge >= 0.3 is 0 Å². The number of benzene rings is 2. The first-order valence-corrected chi connectivity index (χ1v) is 10.6. The van der Waals surface area contributed by atoms with Crippen LogP contribution in [0, 0.1) is 11.6 Å². The predicted octanol–water partition coefficient (Wildman–Crippen LogP) is 6.19. The molecule has 0 saturated heterocycles. The third-order valence-electron chi connectivity index (χ3n) is 5.83. The number of rotatable bonds is 4. The molecule has 0 unspecified atom stereocenters. The fourth-order valence-electron chi connectivity index (χ4n) is 4.27. The van der Waals surface area contributed by atoms with Gasteiger partial charge in [-0.05, 0) is 72.8 Å². The van der Waals surface area contributed by atoms with Gasteiger partial charge in [-0.1, -0.05) is 12.1 Å². The van der Waals surface area contributed by atoms with Crippen LogP contribution in [0.1, 0.15) is 11.4 Å². The van der Waals surface area contributed by atoms with Crippen LogP contribution < -0.4 is 0 Å². The molecular weight excluding hydrogens is 418 g/mol. The Morgan fingerprint density at radius 2 is 0.970 bits per heavy atom. The summed E-state index contributed by atoms with van der Waals surface area (Å²) in [5.74, 6) is -0.575. The number of nitrogens with zero attached hydrogens (tertiary/aromatic N) is 4. The van der Waals surface area contributed by atoms with Crippen LogP contribution >= 0.6 is 0 Å². The molecule has 6 heteroatoms. The van der Waals surface area contributed by atoms with Crippen molar-refractivity contribution in [3.05, 3.63) is 120 Å². The molecule has 4 nitrogen and oxygen atoms in total. The van der Waals surface area contributed by atoms with E-state index in [1.54, 1.807) is 24.3 Å². The van der Waals surface area contributed by atoms with E-state index in [1.165, 1.54) is 24.3 Å². The van der Waals surface area contributed by atoms with Gasteiger partial charge in [0.15, 0.2) is 0 Å². The van der Waals surface area contributed by atoms with Crippen molar-refractivity contribution in [1.29, 1.82) is 0 Å². The molecule has 0 fully saturated rings. The van der Waals surface area contributed by atoms with Gasteiger partial charge in [0, 0.05) is 29.9 Å². The van der Waals surface area contributed by atoms with Gasteiger partial charge in [-0.3, -0.25) is 0 Å². The van der Waals surface area contributed by atoms with E-state index in [0.717, 1.165) is 45.2 Å². The molecule has 0 aliphatic heterocycles. The number of fused-ring (bicyclic) bond motifs is 2. The Morgan fingerprint density at radius 1 is 0.545 bits per heavy atom. The van der Waals surface area contributed by atoms with Crippen LogP contribution in [0.2, 0.25) is 0 Å². The largest absolute Gasteiger partial charge is 0.303 e. The Labute approximate surface area is 188 Å². The highest BCUT2D eigenvalue weighted by Gasteiger charge is 2.20. The van der Waals surface area contributed by atoms with E-state index < -0.39 is 0 Å². The normalized spacial score (nSPS) is 11.5. The van der Waals surface area contributed by atoms with Gasteiger partial charge in [0.25, 0.3) is 0 Å². The quantitative estimate of drug-likeness (QED) is 0.331. The second kappa shape index (κ2) is 7.67. The van der Waals surface area contributed by atoms with Crippen molar-refractivity contribution in [2.75, 3.05) is 0 Å². The van der Waals surface area contributed by atoms with Crippen LogP contribution in [0.25, 0.3) is 33.8 Å². The number of hydrogen-bond donors (Lipinski definition) is 0. The van der Waals surface area contributed by atoms with E-state index in [2.05, 4.69) is 8.80 Å². The summed E-state index contributed by atoms with van der Waals surface area (Å²) in [4.78, 5) is 9.70. The maximum absolute atomic E-state index is 13.6. The van der Waals surface area contributed by atoms with Crippen molar-refractivity contribution in [3.63, 3.8) is 0 Å². The molecule has 33 heavy (non-hydrogen) atoms. The van der Waals surface area contributed by atoms with Crippen LogP contribution in [0.5, 0.6) is 0 Å². The number of hydrogen-bond acceptors (Lipinski definition) is 2. The second-order valence-electron chi connectivity index (χ2n) is 7.86. The molecule has 0 saturated carbocycles. The number of pyridine rings is 2. The molecule has 0 atom stereocenters. The minimum atomic E-state index is -0.288. The molecule has 160 valence electrons. The Morgan fingerprint density at radius 3 is 1.39 bits per heavy atom. The minimum Gasteiger partial charge on any atom is -0.303 e.